The third kappa shape index (κ3) is 3.87. The van der Waals surface area contributed by atoms with Crippen LogP contribution in [0, 0.1) is 0 Å². The van der Waals surface area contributed by atoms with E-state index in [0.717, 1.165) is 22.4 Å². The van der Waals surface area contributed by atoms with Gasteiger partial charge < -0.3 is 10.6 Å². The first-order chi connectivity index (χ1) is 8.07. The van der Waals surface area contributed by atoms with Gasteiger partial charge in [-0.1, -0.05) is 19.8 Å². The maximum Gasteiger partial charge on any atom is 0.0778 e. The van der Waals surface area contributed by atoms with Crippen LogP contribution in [0.5, 0.6) is 0 Å². The minimum atomic E-state index is 0.438. The summed E-state index contributed by atoms with van der Waals surface area (Å²) in [5.41, 5.74) is 7.85. The van der Waals surface area contributed by atoms with Crippen molar-refractivity contribution in [2.75, 3.05) is 17.2 Å². The number of anilines is 2. The number of halogens is 1. The molecule has 0 aliphatic heterocycles. The van der Waals surface area contributed by atoms with Gasteiger partial charge in [-0.2, -0.15) is 0 Å². The fraction of sp³-hybridized carbons (Fsp3) is 0.615. The number of aromatic nitrogens is 1. The average molecular weight is 300 g/mol. The highest BCUT2D eigenvalue weighted by molar-refractivity contribution is 9.10. The SMILES string of the molecule is CCCCCN(c1c(N)cncc1Br)C(C)C. The number of nitrogens with zero attached hydrogens (tertiary/aromatic N) is 2. The zero-order valence-corrected chi connectivity index (χ0v) is 12.5. The molecule has 0 bridgehead atoms. The highest BCUT2D eigenvalue weighted by Gasteiger charge is 2.16. The fourth-order valence-corrected chi connectivity index (χ4v) is 2.48. The minimum absolute atomic E-state index is 0.438. The molecule has 0 saturated carbocycles. The van der Waals surface area contributed by atoms with E-state index in [-0.39, 0.29) is 0 Å². The Kier molecular flexibility index (Phi) is 5.75. The summed E-state index contributed by atoms with van der Waals surface area (Å²) in [6.07, 6.45) is 7.21. The van der Waals surface area contributed by atoms with E-state index in [1.54, 1.807) is 12.4 Å². The highest BCUT2D eigenvalue weighted by Crippen LogP contribution is 2.32. The van der Waals surface area contributed by atoms with Crippen molar-refractivity contribution in [1.82, 2.24) is 4.98 Å². The van der Waals surface area contributed by atoms with Crippen molar-refractivity contribution >= 4 is 27.3 Å². The molecule has 17 heavy (non-hydrogen) atoms. The van der Waals surface area contributed by atoms with E-state index < -0.39 is 0 Å². The molecule has 0 aliphatic rings. The Hall–Kier alpha value is -0.770. The van der Waals surface area contributed by atoms with Gasteiger partial charge >= 0.3 is 0 Å². The molecule has 96 valence electrons. The quantitative estimate of drug-likeness (QED) is 0.812. The lowest BCUT2D eigenvalue weighted by Crippen LogP contribution is -2.32. The van der Waals surface area contributed by atoms with Gasteiger partial charge in [-0.05, 0) is 36.2 Å². The monoisotopic (exact) mass is 299 g/mol. The van der Waals surface area contributed by atoms with Gasteiger partial charge in [0.15, 0.2) is 0 Å². The second-order valence-electron chi connectivity index (χ2n) is 4.55. The van der Waals surface area contributed by atoms with Crippen LogP contribution in [0.3, 0.4) is 0 Å². The van der Waals surface area contributed by atoms with Crippen molar-refractivity contribution in [1.29, 1.82) is 0 Å². The number of nitrogens with two attached hydrogens (primary N) is 1. The van der Waals surface area contributed by atoms with Gasteiger partial charge in [0.25, 0.3) is 0 Å². The summed E-state index contributed by atoms with van der Waals surface area (Å²) >= 11 is 3.54. The lowest BCUT2D eigenvalue weighted by molar-refractivity contribution is 0.625. The highest BCUT2D eigenvalue weighted by atomic mass is 79.9. The van der Waals surface area contributed by atoms with Crippen LogP contribution in [0.25, 0.3) is 0 Å². The number of rotatable bonds is 6. The molecule has 1 aromatic heterocycles. The van der Waals surface area contributed by atoms with Crippen molar-refractivity contribution in [3.05, 3.63) is 16.9 Å². The second-order valence-corrected chi connectivity index (χ2v) is 5.41. The Morgan fingerprint density at radius 1 is 1.35 bits per heavy atom. The van der Waals surface area contributed by atoms with Crippen LogP contribution < -0.4 is 10.6 Å². The first-order valence-electron chi connectivity index (χ1n) is 6.23. The maximum absolute atomic E-state index is 6.03. The van der Waals surface area contributed by atoms with E-state index in [4.69, 9.17) is 5.73 Å². The topological polar surface area (TPSA) is 42.1 Å². The van der Waals surface area contributed by atoms with Crippen molar-refractivity contribution in [3.8, 4) is 0 Å². The van der Waals surface area contributed by atoms with Crippen LogP contribution >= 0.6 is 15.9 Å². The zero-order chi connectivity index (χ0) is 12.8. The first-order valence-corrected chi connectivity index (χ1v) is 7.02. The van der Waals surface area contributed by atoms with Crippen LogP contribution in [0.2, 0.25) is 0 Å². The number of unbranched alkanes of at least 4 members (excludes halogenated alkanes) is 2. The van der Waals surface area contributed by atoms with Gasteiger partial charge in [0, 0.05) is 18.8 Å². The Morgan fingerprint density at radius 2 is 2.06 bits per heavy atom. The van der Waals surface area contributed by atoms with Gasteiger partial charge in [0.1, 0.15) is 0 Å². The zero-order valence-electron chi connectivity index (χ0n) is 10.9. The minimum Gasteiger partial charge on any atom is -0.396 e. The summed E-state index contributed by atoms with van der Waals surface area (Å²) in [6.45, 7) is 7.64. The average Bonchev–Trinajstić information content (AvgIpc) is 2.26. The van der Waals surface area contributed by atoms with Crippen LogP contribution in [-0.4, -0.2) is 17.6 Å². The third-order valence-corrected chi connectivity index (χ3v) is 3.39. The number of hydrogen-bond donors (Lipinski definition) is 1. The van der Waals surface area contributed by atoms with Crippen LogP contribution in [0.4, 0.5) is 11.4 Å². The molecule has 3 nitrogen and oxygen atoms in total. The predicted molar refractivity (Wildman–Crippen MR) is 78.4 cm³/mol. The molecule has 0 spiro atoms. The summed E-state index contributed by atoms with van der Waals surface area (Å²) in [7, 11) is 0. The Morgan fingerprint density at radius 3 is 2.59 bits per heavy atom. The molecule has 0 atom stereocenters. The van der Waals surface area contributed by atoms with Crippen molar-refractivity contribution in [2.45, 2.75) is 46.1 Å². The normalized spacial score (nSPS) is 10.9. The summed E-state index contributed by atoms with van der Waals surface area (Å²) in [4.78, 5) is 6.43. The van der Waals surface area contributed by atoms with Crippen LogP contribution in [0.1, 0.15) is 40.0 Å². The lowest BCUT2D eigenvalue weighted by atomic mass is 10.2. The first kappa shape index (κ1) is 14.3. The molecule has 1 rings (SSSR count). The van der Waals surface area contributed by atoms with E-state index in [9.17, 15) is 0 Å². The molecule has 1 aromatic rings. The Balaban J connectivity index is 2.89. The summed E-state index contributed by atoms with van der Waals surface area (Å²) in [5, 5.41) is 0. The van der Waals surface area contributed by atoms with Crippen molar-refractivity contribution < 1.29 is 0 Å². The van der Waals surface area contributed by atoms with E-state index in [1.807, 2.05) is 0 Å². The molecule has 1 heterocycles. The molecule has 0 aromatic carbocycles. The maximum atomic E-state index is 6.03. The number of hydrogen-bond acceptors (Lipinski definition) is 3. The molecule has 0 unspecified atom stereocenters. The van der Waals surface area contributed by atoms with Gasteiger partial charge in [-0.25, -0.2) is 0 Å². The van der Waals surface area contributed by atoms with Crippen molar-refractivity contribution in [2.24, 2.45) is 0 Å². The lowest BCUT2D eigenvalue weighted by Gasteiger charge is -2.30. The Bertz CT molecular complexity index is 332. The molecular formula is C13H22BrN3. The number of nitrogen functional groups attached to an aromatic ring is 1. The fourth-order valence-electron chi connectivity index (χ4n) is 1.91. The summed E-state index contributed by atoms with van der Waals surface area (Å²) in [5.74, 6) is 0. The molecule has 2 N–H and O–H groups in total. The van der Waals surface area contributed by atoms with E-state index in [0.29, 0.717) is 6.04 Å². The van der Waals surface area contributed by atoms with E-state index in [1.165, 1.54) is 19.3 Å². The molecule has 0 fully saturated rings. The van der Waals surface area contributed by atoms with Gasteiger partial charge in [0.05, 0.1) is 22.0 Å². The smallest absolute Gasteiger partial charge is 0.0778 e. The largest absolute Gasteiger partial charge is 0.396 e. The third-order valence-electron chi connectivity index (χ3n) is 2.81. The molecule has 0 radical (unpaired) electrons. The van der Waals surface area contributed by atoms with E-state index in [2.05, 4.69) is 46.6 Å². The second kappa shape index (κ2) is 6.84. The molecular weight excluding hydrogens is 278 g/mol. The number of pyridine rings is 1. The summed E-state index contributed by atoms with van der Waals surface area (Å²) in [6, 6.07) is 0.438. The summed E-state index contributed by atoms with van der Waals surface area (Å²) < 4.78 is 0.975. The Labute approximate surface area is 113 Å². The van der Waals surface area contributed by atoms with Gasteiger partial charge in [-0.3, -0.25) is 4.98 Å². The molecule has 0 saturated heterocycles. The molecule has 0 aliphatic carbocycles. The standard InChI is InChI=1S/C13H22BrN3/c1-4-5-6-7-17(10(2)3)13-11(14)8-16-9-12(13)15/h8-10H,4-7,15H2,1-3H3. The van der Waals surface area contributed by atoms with E-state index >= 15 is 0 Å². The van der Waals surface area contributed by atoms with Crippen LogP contribution in [0.15, 0.2) is 16.9 Å². The van der Waals surface area contributed by atoms with Crippen molar-refractivity contribution in [3.63, 3.8) is 0 Å². The predicted octanol–water partition coefficient (Wildman–Crippen LogP) is 3.83. The van der Waals surface area contributed by atoms with Crippen LogP contribution in [-0.2, 0) is 0 Å². The van der Waals surface area contributed by atoms with Gasteiger partial charge in [0.2, 0.25) is 0 Å². The molecule has 0 amide bonds. The molecule has 4 heteroatoms. The van der Waals surface area contributed by atoms with Gasteiger partial charge in [-0.15, -0.1) is 0 Å².